The molecule has 0 spiro atoms. The van der Waals surface area contributed by atoms with Gasteiger partial charge in [-0.25, -0.2) is 0 Å². The van der Waals surface area contributed by atoms with Crippen molar-refractivity contribution in [1.82, 2.24) is 4.98 Å². The molecule has 0 radical (unpaired) electrons. The number of rotatable bonds is 1. The van der Waals surface area contributed by atoms with E-state index in [0.29, 0.717) is 6.42 Å². The van der Waals surface area contributed by atoms with Crippen LogP contribution in [0.15, 0.2) is 34.0 Å². The molecule has 3 nitrogen and oxygen atoms in total. The zero-order chi connectivity index (χ0) is 13.4. The van der Waals surface area contributed by atoms with Gasteiger partial charge in [0, 0.05) is 21.9 Å². The third kappa shape index (κ3) is 1.78. The van der Waals surface area contributed by atoms with Crippen molar-refractivity contribution in [2.24, 2.45) is 0 Å². The number of hydrogen-bond donors (Lipinski definition) is 1. The molecule has 94 valence electrons. The van der Waals surface area contributed by atoms with Crippen molar-refractivity contribution in [2.45, 2.75) is 24.0 Å². The van der Waals surface area contributed by atoms with Gasteiger partial charge in [-0.3, -0.25) is 4.79 Å². The fourth-order valence-electron chi connectivity index (χ4n) is 2.56. The van der Waals surface area contributed by atoms with Gasteiger partial charge in [0.15, 0.2) is 0 Å². The van der Waals surface area contributed by atoms with Crippen molar-refractivity contribution in [1.29, 1.82) is 5.26 Å². The molecule has 0 fully saturated rings. The van der Waals surface area contributed by atoms with Crippen LogP contribution in [0, 0.1) is 11.3 Å². The van der Waals surface area contributed by atoms with Crippen LogP contribution < -0.4 is 5.56 Å². The number of aromatic amines is 1. The van der Waals surface area contributed by atoms with Crippen molar-refractivity contribution < 1.29 is 0 Å². The zero-order valence-electron chi connectivity index (χ0n) is 10.5. The molecule has 0 saturated heterocycles. The predicted octanol–water partition coefficient (Wildman–Crippen LogP) is 3.08. The first kappa shape index (κ1) is 12.1. The Balaban J connectivity index is 2.42. The van der Waals surface area contributed by atoms with Crippen molar-refractivity contribution in [3.63, 3.8) is 0 Å². The number of nitrogens with one attached hydrogen (secondary N) is 1. The van der Waals surface area contributed by atoms with Crippen LogP contribution in [0.2, 0.25) is 0 Å². The summed E-state index contributed by atoms with van der Waals surface area (Å²) in [6.07, 6.45) is 0.689. The first-order valence-electron chi connectivity index (χ1n) is 6.16. The lowest BCUT2D eigenvalue weighted by Gasteiger charge is -2.22. The molecule has 0 bridgehead atoms. The summed E-state index contributed by atoms with van der Waals surface area (Å²) in [5.41, 5.74) is 3.96. The Morgan fingerprint density at radius 2 is 2.21 bits per heavy atom. The molecule has 1 aliphatic heterocycles. The van der Waals surface area contributed by atoms with Gasteiger partial charge >= 0.3 is 0 Å². The first-order chi connectivity index (χ1) is 9.26. The second-order valence-corrected chi connectivity index (χ2v) is 5.43. The summed E-state index contributed by atoms with van der Waals surface area (Å²) < 4.78 is 0. The van der Waals surface area contributed by atoms with Crippen LogP contribution in [-0.2, 0) is 12.2 Å². The number of pyridine rings is 1. The van der Waals surface area contributed by atoms with Gasteiger partial charge in [0.2, 0.25) is 0 Å². The Labute approximate surface area is 115 Å². The Hall–Kier alpha value is -1.99. The standard InChI is InChI=1S/C15H12N2OS/c1-2-9-11(7-16)15(18)17-12-8-19-13-6-4-3-5-10(13)14(9)12/h3-6H,2,8H2,1H3,(H,17,18). The third-order valence-electron chi connectivity index (χ3n) is 3.39. The highest BCUT2D eigenvalue weighted by atomic mass is 32.2. The largest absolute Gasteiger partial charge is 0.324 e. The predicted molar refractivity (Wildman–Crippen MR) is 76.2 cm³/mol. The van der Waals surface area contributed by atoms with Gasteiger partial charge in [0.25, 0.3) is 5.56 Å². The van der Waals surface area contributed by atoms with E-state index in [0.717, 1.165) is 28.1 Å². The van der Waals surface area contributed by atoms with Gasteiger partial charge < -0.3 is 4.98 Å². The molecule has 1 aromatic heterocycles. The average molecular weight is 268 g/mol. The second kappa shape index (κ2) is 4.60. The lowest BCUT2D eigenvalue weighted by atomic mass is 9.93. The van der Waals surface area contributed by atoms with Crippen LogP contribution in [0.5, 0.6) is 0 Å². The molecule has 1 aliphatic rings. The quantitative estimate of drug-likeness (QED) is 0.864. The Kier molecular flexibility index (Phi) is 2.92. The Bertz CT molecular complexity index is 756. The van der Waals surface area contributed by atoms with Crippen LogP contribution in [-0.4, -0.2) is 4.98 Å². The van der Waals surface area contributed by atoms with Crippen LogP contribution in [0.3, 0.4) is 0 Å². The van der Waals surface area contributed by atoms with Crippen molar-refractivity contribution in [3.05, 3.63) is 51.4 Å². The summed E-state index contributed by atoms with van der Waals surface area (Å²) in [5.74, 6) is 0.750. The van der Waals surface area contributed by atoms with E-state index in [2.05, 4.69) is 17.1 Å². The van der Waals surface area contributed by atoms with Crippen molar-refractivity contribution >= 4 is 11.8 Å². The van der Waals surface area contributed by atoms with Gasteiger partial charge in [-0.2, -0.15) is 5.26 Å². The van der Waals surface area contributed by atoms with E-state index in [1.54, 1.807) is 11.8 Å². The fourth-order valence-corrected chi connectivity index (χ4v) is 3.58. The monoisotopic (exact) mass is 268 g/mol. The normalized spacial score (nSPS) is 12.4. The molecular weight excluding hydrogens is 256 g/mol. The van der Waals surface area contributed by atoms with Crippen LogP contribution >= 0.6 is 11.8 Å². The smallest absolute Gasteiger partial charge is 0.266 e. The zero-order valence-corrected chi connectivity index (χ0v) is 11.3. The van der Waals surface area contributed by atoms with Gasteiger partial charge in [-0.1, -0.05) is 25.1 Å². The van der Waals surface area contributed by atoms with Crippen LogP contribution in [0.25, 0.3) is 11.1 Å². The van der Waals surface area contributed by atoms with Crippen LogP contribution in [0.1, 0.15) is 23.7 Å². The van der Waals surface area contributed by atoms with E-state index in [-0.39, 0.29) is 11.1 Å². The Morgan fingerprint density at radius 3 is 2.95 bits per heavy atom. The molecule has 19 heavy (non-hydrogen) atoms. The second-order valence-electron chi connectivity index (χ2n) is 4.41. The minimum absolute atomic E-state index is 0.253. The number of fused-ring (bicyclic) bond motifs is 3. The fraction of sp³-hybridized carbons (Fsp3) is 0.200. The highest BCUT2D eigenvalue weighted by Gasteiger charge is 2.23. The van der Waals surface area contributed by atoms with E-state index < -0.39 is 0 Å². The maximum Gasteiger partial charge on any atom is 0.266 e. The number of nitrogens with zero attached hydrogens (tertiary/aromatic N) is 1. The van der Waals surface area contributed by atoms with Gasteiger partial charge in [-0.15, -0.1) is 11.8 Å². The molecule has 1 N–H and O–H groups in total. The number of aromatic nitrogens is 1. The number of H-pyrrole nitrogens is 1. The summed E-state index contributed by atoms with van der Waals surface area (Å²) >= 11 is 1.72. The van der Waals surface area contributed by atoms with Gasteiger partial charge in [0.05, 0.1) is 0 Å². The highest BCUT2D eigenvalue weighted by molar-refractivity contribution is 7.98. The van der Waals surface area contributed by atoms with Crippen molar-refractivity contribution in [3.8, 4) is 17.2 Å². The topological polar surface area (TPSA) is 56.6 Å². The van der Waals surface area contributed by atoms with Gasteiger partial charge in [-0.05, 0) is 23.6 Å². The molecule has 2 heterocycles. The molecule has 4 heteroatoms. The Morgan fingerprint density at radius 1 is 1.42 bits per heavy atom. The molecule has 3 rings (SSSR count). The molecule has 0 saturated carbocycles. The maximum atomic E-state index is 11.9. The maximum absolute atomic E-state index is 11.9. The summed E-state index contributed by atoms with van der Waals surface area (Å²) in [6, 6.07) is 10.2. The molecule has 1 aromatic carbocycles. The van der Waals surface area contributed by atoms with E-state index in [1.165, 1.54) is 4.90 Å². The van der Waals surface area contributed by atoms with E-state index in [1.807, 2.05) is 25.1 Å². The lowest BCUT2D eigenvalue weighted by molar-refractivity contribution is 1.03. The van der Waals surface area contributed by atoms with Crippen LogP contribution in [0.4, 0.5) is 0 Å². The molecule has 2 aromatic rings. The summed E-state index contributed by atoms with van der Waals surface area (Å²) in [4.78, 5) is 16.0. The number of thioether (sulfide) groups is 1. The molecule has 0 aliphatic carbocycles. The van der Waals surface area contributed by atoms with E-state index in [4.69, 9.17) is 0 Å². The summed E-state index contributed by atoms with van der Waals surface area (Å²) in [5, 5.41) is 9.20. The first-order valence-corrected chi connectivity index (χ1v) is 7.15. The number of hydrogen-bond acceptors (Lipinski definition) is 3. The molecule has 0 amide bonds. The molecular formula is C15H12N2OS. The lowest BCUT2D eigenvalue weighted by Crippen LogP contribution is -2.18. The number of nitriles is 1. The molecule has 0 atom stereocenters. The van der Waals surface area contributed by atoms with E-state index >= 15 is 0 Å². The SMILES string of the molecule is CCc1c2c([nH]c(=O)c1C#N)CSc1ccccc1-2. The number of benzene rings is 1. The van der Waals surface area contributed by atoms with Crippen molar-refractivity contribution in [2.75, 3.05) is 0 Å². The third-order valence-corrected chi connectivity index (χ3v) is 4.49. The summed E-state index contributed by atoms with van der Waals surface area (Å²) in [6.45, 7) is 1.99. The summed E-state index contributed by atoms with van der Waals surface area (Å²) in [7, 11) is 0. The highest BCUT2D eigenvalue weighted by Crippen LogP contribution is 2.42. The van der Waals surface area contributed by atoms with E-state index in [9.17, 15) is 10.1 Å². The average Bonchev–Trinajstić information content (AvgIpc) is 2.45. The minimum Gasteiger partial charge on any atom is -0.324 e. The minimum atomic E-state index is -0.266. The van der Waals surface area contributed by atoms with Gasteiger partial charge in [0.1, 0.15) is 11.6 Å². The molecule has 0 unspecified atom stereocenters.